The van der Waals surface area contributed by atoms with Crippen LogP contribution in [0.2, 0.25) is 0 Å². The molecule has 0 aliphatic rings. The van der Waals surface area contributed by atoms with Gasteiger partial charge < -0.3 is 4.57 Å². The highest BCUT2D eigenvalue weighted by atomic mass is 79.9. The molecular weight excluding hydrogens is 446 g/mol. The van der Waals surface area contributed by atoms with Crippen molar-refractivity contribution < 1.29 is 4.79 Å². The van der Waals surface area contributed by atoms with Crippen molar-refractivity contribution in [3.05, 3.63) is 87.7 Å². The first-order valence-corrected chi connectivity index (χ1v) is 11.2. The number of nitrogens with one attached hydrogen (secondary N) is 1. The fourth-order valence-electron chi connectivity index (χ4n) is 3.05. The Morgan fingerprint density at radius 2 is 1.86 bits per heavy atom. The molecule has 3 aromatic rings. The molecule has 0 unspecified atom stereocenters. The van der Waals surface area contributed by atoms with Gasteiger partial charge in [0.1, 0.15) is 0 Å². The van der Waals surface area contributed by atoms with Crippen LogP contribution in [0.5, 0.6) is 0 Å². The van der Waals surface area contributed by atoms with Gasteiger partial charge in [-0.3, -0.25) is 4.79 Å². The molecule has 0 saturated heterocycles. The number of thioether (sulfide) groups is 1. The fourth-order valence-corrected chi connectivity index (χ4v) is 4.35. The summed E-state index contributed by atoms with van der Waals surface area (Å²) in [7, 11) is 0. The number of rotatable bonds is 7. The molecule has 0 aliphatic carbocycles. The lowest BCUT2D eigenvalue weighted by molar-refractivity contribution is -0.120. The number of hydrogen-bond acceptors (Lipinski definition) is 3. The van der Waals surface area contributed by atoms with Crippen molar-refractivity contribution in [2.45, 2.75) is 31.8 Å². The molecule has 0 bridgehead atoms. The van der Waals surface area contributed by atoms with Crippen molar-refractivity contribution in [2.24, 2.45) is 5.10 Å². The first-order chi connectivity index (χ1) is 14.0. The summed E-state index contributed by atoms with van der Waals surface area (Å²) < 4.78 is 3.20. The van der Waals surface area contributed by atoms with E-state index in [2.05, 4.69) is 62.2 Å². The van der Waals surface area contributed by atoms with Gasteiger partial charge in [0.05, 0.1) is 17.2 Å². The van der Waals surface area contributed by atoms with Crippen LogP contribution in [0.3, 0.4) is 0 Å². The van der Waals surface area contributed by atoms with Gasteiger partial charge >= 0.3 is 0 Å². The molecule has 1 heterocycles. The first kappa shape index (κ1) is 21.4. The van der Waals surface area contributed by atoms with E-state index in [1.807, 2.05) is 50.2 Å². The molecule has 0 fully saturated rings. The molecule has 1 N–H and O–H groups in total. The van der Waals surface area contributed by atoms with Crippen LogP contribution < -0.4 is 5.43 Å². The minimum absolute atomic E-state index is 0.0956. The molecule has 0 spiro atoms. The van der Waals surface area contributed by atoms with Gasteiger partial charge in [0, 0.05) is 27.2 Å². The Kier molecular flexibility index (Phi) is 7.34. The number of para-hydroxylation sites is 1. The quantitative estimate of drug-likeness (QED) is 0.360. The Bertz CT molecular complexity index is 1010. The van der Waals surface area contributed by atoms with Gasteiger partial charge in [0.15, 0.2) is 0 Å². The van der Waals surface area contributed by atoms with Crippen LogP contribution in [0.1, 0.15) is 29.4 Å². The monoisotopic (exact) mass is 469 g/mol. The summed E-state index contributed by atoms with van der Waals surface area (Å²) in [5.74, 6) is 0.702. The number of aromatic nitrogens is 1. The molecule has 1 aromatic heterocycles. The minimum Gasteiger partial charge on any atom is -0.317 e. The maximum absolute atomic E-state index is 12.3. The fraction of sp³-hybridized carbons (Fsp3) is 0.217. The molecule has 29 heavy (non-hydrogen) atoms. The topological polar surface area (TPSA) is 46.4 Å². The van der Waals surface area contributed by atoms with Gasteiger partial charge in [-0.15, -0.1) is 11.8 Å². The summed E-state index contributed by atoms with van der Waals surface area (Å²) in [6, 6.07) is 20.3. The number of hydrazone groups is 1. The number of hydrogen-bond donors (Lipinski definition) is 1. The second-order valence-corrected chi connectivity index (χ2v) is 8.97. The summed E-state index contributed by atoms with van der Waals surface area (Å²) in [6.07, 6.45) is 1.71. The summed E-state index contributed by atoms with van der Waals surface area (Å²) in [6.45, 7) is 6.01. The Hall–Kier alpha value is -2.31. The number of benzene rings is 2. The average Bonchev–Trinajstić information content (AvgIpc) is 3.00. The van der Waals surface area contributed by atoms with Crippen molar-refractivity contribution in [1.82, 2.24) is 9.99 Å². The number of nitrogens with zero attached hydrogens (tertiary/aromatic N) is 2. The van der Waals surface area contributed by atoms with Gasteiger partial charge in [-0.05, 0) is 60.5 Å². The minimum atomic E-state index is -0.180. The number of amides is 1. The van der Waals surface area contributed by atoms with Crippen LogP contribution in [0.15, 0.2) is 70.2 Å². The highest BCUT2D eigenvalue weighted by molar-refractivity contribution is 9.10. The van der Waals surface area contributed by atoms with Crippen LogP contribution in [-0.2, 0) is 10.5 Å². The van der Waals surface area contributed by atoms with E-state index in [-0.39, 0.29) is 11.2 Å². The summed E-state index contributed by atoms with van der Waals surface area (Å²) in [4.78, 5) is 12.3. The van der Waals surface area contributed by atoms with Gasteiger partial charge in [-0.2, -0.15) is 5.10 Å². The lowest BCUT2D eigenvalue weighted by Crippen LogP contribution is -2.27. The van der Waals surface area contributed by atoms with E-state index in [9.17, 15) is 4.79 Å². The maximum atomic E-state index is 12.3. The lowest BCUT2D eigenvalue weighted by atomic mass is 10.2. The number of aryl methyl sites for hydroxylation is 1. The van der Waals surface area contributed by atoms with E-state index in [1.54, 1.807) is 18.0 Å². The maximum Gasteiger partial charge on any atom is 0.252 e. The molecule has 2 aromatic carbocycles. The molecule has 0 saturated carbocycles. The van der Waals surface area contributed by atoms with E-state index < -0.39 is 0 Å². The van der Waals surface area contributed by atoms with Crippen LogP contribution in [0, 0.1) is 13.8 Å². The van der Waals surface area contributed by atoms with Crippen molar-refractivity contribution >= 4 is 39.8 Å². The third-order valence-corrected chi connectivity index (χ3v) is 6.54. The Morgan fingerprint density at radius 1 is 1.17 bits per heavy atom. The molecule has 4 nitrogen and oxygen atoms in total. The Balaban J connectivity index is 1.62. The SMILES string of the molecule is Cc1cc(/C=N\NC(=O)[C@H](C)SCc2ccccc2)c(C)n1-c1ccccc1Br. The lowest BCUT2D eigenvalue weighted by Gasteiger charge is -2.11. The zero-order valence-corrected chi connectivity index (χ0v) is 19.1. The molecule has 3 rings (SSSR count). The smallest absolute Gasteiger partial charge is 0.252 e. The average molecular weight is 470 g/mol. The zero-order chi connectivity index (χ0) is 20.8. The van der Waals surface area contributed by atoms with E-state index in [4.69, 9.17) is 0 Å². The number of carbonyl (C=O) groups is 1. The van der Waals surface area contributed by atoms with E-state index in [0.29, 0.717) is 0 Å². The predicted molar refractivity (Wildman–Crippen MR) is 126 cm³/mol. The van der Waals surface area contributed by atoms with Gasteiger partial charge in [-0.25, -0.2) is 5.43 Å². The zero-order valence-electron chi connectivity index (χ0n) is 16.7. The standard InChI is InChI=1S/C23H24BrN3OS/c1-16-13-20(17(2)27(16)22-12-8-7-11-21(22)24)14-25-26-23(28)18(3)29-15-19-9-5-4-6-10-19/h4-14,18H,15H2,1-3H3,(H,26,28)/b25-14-/t18-/m0/s1. The molecule has 150 valence electrons. The second-order valence-electron chi connectivity index (χ2n) is 6.79. The molecule has 1 atom stereocenters. The number of carbonyl (C=O) groups excluding carboxylic acids is 1. The van der Waals surface area contributed by atoms with E-state index >= 15 is 0 Å². The molecule has 0 radical (unpaired) electrons. The molecule has 6 heteroatoms. The third-order valence-electron chi connectivity index (χ3n) is 4.65. The van der Waals surface area contributed by atoms with Crippen molar-refractivity contribution in [2.75, 3.05) is 0 Å². The highest BCUT2D eigenvalue weighted by Gasteiger charge is 2.14. The van der Waals surface area contributed by atoms with Crippen LogP contribution in [0.4, 0.5) is 0 Å². The van der Waals surface area contributed by atoms with Gasteiger partial charge in [0.25, 0.3) is 5.91 Å². The number of halogens is 1. The highest BCUT2D eigenvalue weighted by Crippen LogP contribution is 2.26. The third kappa shape index (κ3) is 5.40. The molecular formula is C23H24BrN3OS. The van der Waals surface area contributed by atoms with E-state index in [1.165, 1.54) is 5.56 Å². The van der Waals surface area contributed by atoms with Crippen LogP contribution >= 0.6 is 27.7 Å². The van der Waals surface area contributed by atoms with Crippen LogP contribution in [-0.4, -0.2) is 21.9 Å². The molecule has 1 amide bonds. The second kappa shape index (κ2) is 9.94. The normalized spacial score (nSPS) is 12.3. The largest absolute Gasteiger partial charge is 0.317 e. The first-order valence-electron chi connectivity index (χ1n) is 9.39. The van der Waals surface area contributed by atoms with E-state index in [0.717, 1.165) is 32.9 Å². The van der Waals surface area contributed by atoms with Crippen molar-refractivity contribution in [1.29, 1.82) is 0 Å². The van der Waals surface area contributed by atoms with Crippen molar-refractivity contribution in [3.63, 3.8) is 0 Å². The van der Waals surface area contributed by atoms with Crippen LogP contribution in [0.25, 0.3) is 5.69 Å². The molecule has 0 aliphatic heterocycles. The van der Waals surface area contributed by atoms with Gasteiger partial charge in [0.2, 0.25) is 0 Å². The summed E-state index contributed by atoms with van der Waals surface area (Å²) in [5, 5.41) is 4.01. The Morgan fingerprint density at radius 3 is 2.59 bits per heavy atom. The summed E-state index contributed by atoms with van der Waals surface area (Å²) in [5.41, 5.74) is 8.10. The van der Waals surface area contributed by atoms with Gasteiger partial charge in [-0.1, -0.05) is 42.5 Å². The Labute approximate surface area is 184 Å². The predicted octanol–water partition coefficient (Wildman–Crippen LogP) is 5.63. The summed E-state index contributed by atoms with van der Waals surface area (Å²) >= 11 is 5.21. The van der Waals surface area contributed by atoms with Crippen molar-refractivity contribution in [3.8, 4) is 5.69 Å².